The van der Waals surface area contributed by atoms with E-state index in [0.29, 0.717) is 24.3 Å². The van der Waals surface area contributed by atoms with E-state index < -0.39 is 0 Å². The average Bonchev–Trinajstić information content (AvgIpc) is 3.23. The summed E-state index contributed by atoms with van der Waals surface area (Å²) in [5.74, 6) is 0.605. The van der Waals surface area contributed by atoms with Crippen LogP contribution in [0.3, 0.4) is 0 Å². The van der Waals surface area contributed by atoms with Crippen LogP contribution in [-0.2, 0) is 11.3 Å². The summed E-state index contributed by atoms with van der Waals surface area (Å²) in [6, 6.07) is 17.7. The van der Waals surface area contributed by atoms with Gasteiger partial charge >= 0.3 is 0 Å². The molecule has 7 nitrogen and oxygen atoms in total. The summed E-state index contributed by atoms with van der Waals surface area (Å²) in [6.07, 6.45) is 2.25. The number of carbonyl (C=O) groups excluding carboxylic acids is 1. The molecule has 0 saturated carbocycles. The standard InChI is InChI=1S/C26H32N4O3/c1-19-15-29(16-20(2)33-19)13-12-27-26(31)24-18-30(17-21-8-5-4-6-9-21)28-25(24)22-10-7-11-23(14-22)32-3/h4-11,14,18-20H,12-13,15-17H2,1-3H3,(H,27,31). The molecule has 1 amide bonds. The molecule has 1 N–H and O–H groups in total. The third kappa shape index (κ3) is 6.00. The number of rotatable bonds is 8. The molecule has 1 aliphatic heterocycles. The summed E-state index contributed by atoms with van der Waals surface area (Å²) in [5.41, 5.74) is 3.18. The van der Waals surface area contributed by atoms with Crippen LogP contribution < -0.4 is 10.1 Å². The molecule has 0 spiro atoms. The Kier molecular flexibility index (Phi) is 7.42. The number of carbonyl (C=O) groups is 1. The minimum absolute atomic E-state index is 0.124. The Bertz CT molecular complexity index is 1060. The smallest absolute Gasteiger partial charge is 0.255 e. The fourth-order valence-corrected chi connectivity index (χ4v) is 4.31. The van der Waals surface area contributed by atoms with Gasteiger partial charge in [0.25, 0.3) is 5.91 Å². The van der Waals surface area contributed by atoms with E-state index in [0.717, 1.165) is 36.5 Å². The molecule has 1 aromatic heterocycles. The molecule has 7 heteroatoms. The molecular formula is C26H32N4O3. The van der Waals surface area contributed by atoms with Gasteiger partial charge in [-0.3, -0.25) is 14.4 Å². The van der Waals surface area contributed by atoms with E-state index in [1.807, 2.05) is 53.3 Å². The number of morpholine rings is 1. The quantitative estimate of drug-likeness (QED) is 0.572. The van der Waals surface area contributed by atoms with Gasteiger partial charge in [0.15, 0.2) is 0 Å². The minimum atomic E-state index is -0.124. The lowest BCUT2D eigenvalue weighted by Gasteiger charge is -2.35. The maximum Gasteiger partial charge on any atom is 0.255 e. The van der Waals surface area contributed by atoms with Crippen molar-refractivity contribution in [2.24, 2.45) is 0 Å². The van der Waals surface area contributed by atoms with Crippen LogP contribution in [0.15, 0.2) is 60.8 Å². The Morgan fingerprint density at radius 3 is 2.61 bits per heavy atom. The predicted octanol–water partition coefficient (Wildman–Crippen LogP) is 3.45. The van der Waals surface area contributed by atoms with E-state index in [-0.39, 0.29) is 18.1 Å². The van der Waals surface area contributed by atoms with Crippen molar-refractivity contribution in [1.29, 1.82) is 0 Å². The summed E-state index contributed by atoms with van der Waals surface area (Å²) >= 11 is 0. The molecule has 2 unspecified atom stereocenters. The molecule has 0 radical (unpaired) electrons. The number of amides is 1. The van der Waals surface area contributed by atoms with Crippen molar-refractivity contribution in [1.82, 2.24) is 20.0 Å². The molecule has 33 heavy (non-hydrogen) atoms. The normalized spacial score (nSPS) is 18.8. The summed E-state index contributed by atoms with van der Waals surface area (Å²) in [5, 5.41) is 7.85. The highest BCUT2D eigenvalue weighted by Gasteiger charge is 2.23. The van der Waals surface area contributed by atoms with Gasteiger partial charge in [-0.1, -0.05) is 42.5 Å². The lowest BCUT2D eigenvalue weighted by atomic mass is 10.1. The Morgan fingerprint density at radius 2 is 1.88 bits per heavy atom. The number of hydrogen-bond acceptors (Lipinski definition) is 5. The molecule has 2 atom stereocenters. The first-order valence-electron chi connectivity index (χ1n) is 11.4. The lowest BCUT2D eigenvalue weighted by Crippen LogP contribution is -2.47. The topological polar surface area (TPSA) is 68.6 Å². The first-order chi connectivity index (χ1) is 16.0. The molecule has 0 bridgehead atoms. The highest BCUT2D eigenvalue weighted by atomic mass is 16.5. The molecule has 1 fully saturated rings. The third-order valence-electron chi connectivity index (χ3n) is 5.75. The van der Waals surface area contributed by atoms with Crippen LogP contribution in [0.4, 0.5) is 0 Å². The lowest BCUT2D eigenvalue weighted by molar-refractivity contribution is -0.0672. The zero-order valence-corrected chi connectivity index (χ0v) is 19.5. The van der Waals surface area contributed by atoms with Crippen molar-refractivity contribution in [3.05, 3.63) is 71.9 Å². The number of nitrogens with zero attached hydrogens (tertiary/aromatic N) is 3. The van der Waals surface area contributed by atoms with Crippen LogP contribution >= 0.6 is 0 Å². The van der Waals surface area contributed by atoms with Gasteiger partial charge in [-0.15, -0.1) is 0 Å². The predicted molar refractivity (Wildman–Crippen MR) is 129 cm³/mol. The van der Waals surface area contributed by atoms with E-state index in [1.165, 1.54) is 0 Å². The van der Waals surface area contributed by atoms with Crippen LogP contribution in [0, 0.1) is 0 Å². The van der Waals surface area contributed by atoms with Gasteiger partial charge in [0.2, 0.25) is 0 Å². The van der Waals surface area contributed by atoms with Crippen molar-refractivity contribution in [2.45, 2.75) is 32.6 Å². The van der Waals surface area contributed by atoms with Gasteiger partial charge in [-0.25, -0.2) is 0 Å². The highest BCUT2D eigenvalue weighted by molar-refractivity contribution is 5.99. The van der Waals surface area contributed by atoms with E-state index >= 15 is 0 Å². The molecular weight excluding hydrogens is 416 g/mol. The fourth-order valence-electron chi connectivity index (χ4n) is 4.31. The van der Waals surface area contributed by atoms with E-state index in [2.05, 4.69) is 36.2 Å². The Hall–Kier alpha value is -3.16. The summed E-state index contributed by atoms with van der Waals surface area (Å²) < 4.78 is 13.0. The van der Waals surface area contributed by atoms with Gasteiger partial charge < -0.3 is 14.8 Å². The second-order valence-corrected chi connectivity index (χ2v) is 8.58. The van der Waals surface area contributed by atoms with E-state index in [1.54, 1.807) is 7.11 Å². The van der Waals surface area contributed by atoms with Crippen molar-refractivity contribution >= 4 is 5.91 Å². The maximum atomic E-state index is 13.2. The fraction of sp³-hybridized carbons (Fsp3) is 0.385. The van der Waals surface area contributed by atoms with Crippen molar-refractivity contribution in [3.63, 3.8) is 0 Å². The summed E-state index contributed by atoms with van der Waals surface area (Å²) in [7, 11) is 1.63. The molecule has 4 rings (SSSR count). The second-order valence-electron chi connectivity index (χ2n) is 8.58. The molecule has 0 aliphatic carbocycles. The molecule has 1 saturated heterocycles. The number of benzene rings is 2. The zero-order chi connectivity index (χ0) is 23.2. The van der Waals surface area contributed by atoms with Gasteiger partial charge in [-0.2, -0.15) is 5.10 Å². The van der Waals surface area contributed by atoms with Crippen molar-refractivity contribution in [3.8, 4) is 17.0 Å². The first kappa shape index (κ1) is 23.0. The minimum Gasteiger partial charge on any atom is -0.497 e. The summed E-state index contributed by atoms with van der Waals surface area (Å²) in [4.78, 5) is 15.5. The van der Waals surface area contributed by atoms with Crippen molar-refractivity contribution in [2.75, 3.05) is 33.3 Å². The van der Waals surface area contributed by atoms with Gasteiger partial charge in [0.1, 0.15) is 11.4 Å². The van der Waals surface area contributed by atoms with Gasteiger partial charge in [0.05, 0.1) is 31.4 Å². The Balaban J connectivity index is 1.51. The third-order valence-corrected chi connectivity index (χ3v) is 5.75. The monoisotopic (exact) mass is 448 g/mol. The average molecular weight is 449 g/mol. The van der Waals surface area contributed by atoms with E-state index in [4.69, 9.17) is 14.6 Å². The maximum absolute atomic E-state index is 13.2. The molecule has 174 valence electrons. The largest absolute Gasteiger partial charge is 0.497 e. The van der Waals surface area contributed by atoms with Gasteiger partial charge in [0, 0.05) is 37.9 Å². The van der Waals surface area contributed by atoms with Crippen LogP contribution in [0.2, 0.25) is 0 Å². The van der Waals surface area contributed by atoms with Crippen LogP contribution in [-0.4, -0.2) is 66.1 Å². The number of ether oxygens (including phenoxy) is 2. The highest BCUT2D eigenvalue weighted by Crippen LogP contribution is 2.26. The molecule has 1 aliphatic rings. The SMILES string of the molecule is COc1cccc(-c2nn(Cc3ccccc3)cc2C(=O)NCCN2CC(C)OC(C)C2)c1. The number of methoxy groups -OCH3 is 1. The number of nitrogens with one attached hydrogen (secondary N) is 1. The Morgan fingerprint density at radius 1 is 1.12 bits per heavy atom. The molecule has 2 aromatic carbocycles. The number of aromatic nitrogens is 2. The zero-order valence-electron chi connectivity index (χ0n) is 19.5. The first-order valence-corrected chi connectivity index (χ1v) is 11.4. The second kappa shape index (κ2) is 10.6. The van der Waals surface area contributed by atoms with Crippen LogP contribution in [0.25, 0.3) is 11.3 Å². The van der Waals surface area contributed by atoms with Crippen LogP contribution in [0.5, 0.6) is 5.75 Å². The summed E-state index contributed by atoms with van der Waals surface area (Å²) in [6.45, 7) is 7.88. The number of hydrogen-bond donors (Lipinski definition) is 1. The van der Waals surface area contributed by atoms with Crippen molar-refractivity contribution < 1.29 is 14.3 Å². The van der Waals surface area contributed by atoms with Gasteiger partial charge in [-0.05, 0) is 31.5 Å². The Labute approximate surface area is 195 Å². The molecule has 3 aromatic rings. The van der Waals surface area contributed by atoms with Crippen LogP contribution in [0.1, 0.15) is 29.8 Å². The molecule has 2 heterocycles. The van der Waals surface area contributed by atoms with E-state index in [9.17, 15) is 4.79 Å².